The van der Waals surface area contributed by atoms with Gasteiger partial charge in [0.2, 0.25) is 0 Å². The minimum atomic E-state index is -0.389. The van der Waals surface area contributed by atoms with E-state index in [0.29, 0.717) is 0 Å². The van der Waals surface area contributed by atoms with Gasteiger partial charge in [0, 0.05) is 99.5 Å². The maximum Gasteiger partial charge on any atom is 0.252 e. The van der Waals surface area contributed by atoms with Crippen LogP contribution in [0.3, 0.4) is 0 Å². The summed E-state index contributed by atoms with van der Waals surface area (Å²) < 4.78 is 5.41. The van der Waals surface area contributed by atoms with Crippen LogP contribution in [0, 0.1) is 0 Å². The third-order valence-corrected chi connectivity index (χ3v) is 28.2. The molecule has 0 unspecified atom stereocenters. The Kier molecular flexibility index (Phi) is 16.3. The second-order valence-electron chi connectivity index (χ2n) is 38.5. The topological polar surface area (TPSA) is 16.3 Å². The molecule has 25 rings (SSSR count). The molecule has 2 aliphatic heterocycles. The molecule has 602 valence electrons. The van der Waals surface area contributed by atoms with Crippen molar-refractivity contribution in [3.63, 3.8) is 0 Å². The predicted octanol–water partition coefficient (Wildman–Crippen LogP) is 31.7. The molecular formula is C122H91BN4. The molecule has 0 radical (unpaired) electrons. The fraction of sp³-hybridized carbons (Fsp3) is 0.0984. The molecule has 0 fully saturated rings. The second-order valence-corrected chi connectivity index (χ2v) is 38.5. The highest BCUT2D eigenvalue weighted by atomic mass is 15.2. The second kappa shape index (κ2) is 27.7. The van der Waals surface area contributed by atoms with Gasteiger partial charge in [0.25, 0.3) is 6.71 Å². The molecule has 4 nitrogen and oxygen atoms in total. The van der Waals surface area contributed by atoms with Crippen LogP contribution in [0.1, 0.15) is 79.0 Å². The van der Waals surface area contributed by atoms with E-state index in [4.69, 9.17) is 0 Å². The minimum absolute atomic E-state index is 0.0838. The first-order valence-electron chi connectivity index (χ1n) is 45.0. The Morgan fingerprint density at radius 2 is 0.457 bits per heavy atom. The van der Waals surface area contributed by atoms with Crippen LogP contribution >= 0.6 is 0 Å². The molecule has 0 saturated heterocycles. The maximum atomic E-state index is 2.75. The molecule has 0 amide bonds. The molecule has 2 aliphatic rings. The molecule has 0 aliphatic carbocycles. The van der Waals surface area contributed by atoms with Crippen LogP contribution in [-0.4, -0.2) is 15.8 Å². The van der Waals surface area contributed by atoms with Gasteiger partial charge in [-0.3, -0.25) is 0 Å². The van der Waals surface area contributed by atoms with Crippen molar-refractivity contribution in [1.82, 2.24) is 9.13 Å². The van der Waals surface area contributed by atoms with Gasteiger partial charge >= 0.3 is 0 Å². The lowest BCUT2D eigenvalue weighted by atomic mass is 9.33. The van der Waals surface area contributed by atoms with Crippen molar-refractivity contribution in [1.29, 1.82) is 0 Å². The van der Waals surface area contributed by atoms with Gasteiger partial charge in [0.15, 0.2) is 0 Å². The molecule has 4 heterocycles. The average Bonchev–Trinajstić information content (AvgIpc) is 1.66. The number of para-hydroxylation sites is 2. The van der Waals surface area contributed by atoms with E-state index in [1.165, 1.54) is 163 Å². The summed E-state index contributed by atoms with van der Waals surface area (Å²) in [6.07, 6.45) is 0. The van der Waals surface area contributed by atoms with Crippen molar-refractivity contribution in [2.24, 2.45) is 0 Å². The minimum Gasteiger partial charge on any atom is -0.310 e. The quantitative estimate of drug-likeness (QED) is 0.111. The van der Waals surface area contributed by atoms with Crippen LogP contribution in [-0.2, 0) is 16.2 Å². The molecule has 0 saturated carbocycles. The average molecular weight is 1620 g/mol. The smallest absolute Gasteiger partial charge is 0.252 e. The summed E-state index contributed by atoms with van der Waals surface area (Å²) in [6, 6.07) is 149. The summed E-state index contributed by atoms with van der Waals surface area (Å²) in [5.41, 5.74) is 29.6. The van der Waals surface area contributed by atoms with Crippen molar-refractivity contribution in [3.8, 4) is 55.9 Å². The van der Waals surface area contributed by atoms with Gasteiger partial charge in [0.05, 0.1) is 33.4 Å². The molecule has 2 aromatic heterocycles. The van der Waals surface area contributed by atoms with Gasteiger partial charge < -0.3 is 18.9 Å². The van der Waals surface area contributed by atoms with E-state index in [-0.39, 0.29) is 23.0 Å². The molecular weight excluding hydrogens is 1530 g/mol. The molecule has 0 spiro atoms. The Labute approximate surface area is 740 Å². The third-order valence-electron chi connectivity index (χ3n) is 28.2. The largest absolute Gasteiger partial charge is 0.310 e. The van der Waals surface area contributed by atoms with Crippen LogP contribution in [0.4, 0.5) is 34.1 Å². The summed E-state index contributed by atoms with van der Waals surface area (Å²) in [4.78, 5) is 5.51. The molecule has 21 aromatic carbocycles. The third kappa shape index (κ3) is 11.1. The van der Waals surface area contributed by atoms with Crippen molar-refractivity contribution in [3.05, 3.63) is 405 Å². The van der Waals surface area contributed by atoms with Crippen molar-refractivity contribution >= 4 is 187 Å². The number of hydrogen-bond acceptors (Lipinski definition) is 2. The van der Waals surface area contributed by atoms with Crippen molar-refractivity contribution in [2.45, 2.75) is 78.6 Å². The zero-order valence-corrected chi connectivity index (χ0v) is 72.8. The molecule has 0 atom stereocenters. The molecule has 127 heavy (non-hydrogen) atoms. The zero-order valence-electron chi connectivity index (χ0n) is 72.8. The predicted molar refractivity (Wildman–Crippen MR) is 547 cm³/mol. The summed E-state index contributed by atoms with van der Waals surface area (Å²) >= 11 is 0. The van der Waals surface area contributed by atoms with Crippen molar-refractivity contribution in [2.75, 3.05) is 9.80 Å². The standard InChI is InChI=1S/C122H91BN4/c1-120(2,3)78-60-64-95-101(68-78)91-48-26-32-54-99(91)118-111(95)109-93-50-28-22-44-87(93)89-46-24-30-52-97(89)116(109)124(118)81-62-66-103-105(72-81)126(114-83(74-36-14-10-15-37-74)56-34-57-84(114)75-38-16-11-17-39-75)107-70-80(122(7,8)9)71-108-113(107)123(103)104-67-63-82(73-106(104)127(108)115-85(76-40-18-12-19-41-76)58-35-59-86(115)77-42-20-13-21-43-77)125-117-98-53-31-25-47-90(98)88-45-23-29-51-94(88)110(117)112-96-65-61-79(121(4,5)6)69-102(96)92-49-27-33-55-100(92)119(112)125/h10-73H,1-9H3. The Balaban J connectivity index is 0.873. The van der Waals surface area contributed by atoms with E-state index < -0.39 is 0 Å². The Morgan fingerprint density at radius 1 is 0.197 bits per heavy atom. The highest BCUT2D eigenvalue weighted by molar-refractivity contribution is 7.00. The van der Waals surface area contributed by atoms with Gasteiger partial charge in [0.1, 0.15) is 0 Å². The van der Waals surface area contributed by atoms with E-state index in [1.807, 2.05) is 0 Å². The van der Waals surface area contributed by atoms with E-state index >= 15 is 0 Å². The summed E-state index contributed by atoms with van der Waals surface area (Å²) in [5.74, 6) is 0. The lowest BCUT2D eigenvalue weighted by molar-refractivity contribution is 0.590. The first-order valence-corrected chi connectivity index (χ1v) is 45.0. The Hall–Kier alpha value is -15.0. The van der Waals surface area contributed by atoms with Crippen LogP contribution in [0.15, 0.2) is 388 Å². The molecule has 23 aromatic rings. The molecule has 0 bridgehead atoms. The lowest BCUT2D eigenvalue weighted by Crippen LogP contribution is -2.61. The number of fused-ring (bicyclic) bond motifs is 30. The molecule has 5 heteroatoms. The highest BCUT2D eigenvalue weighted by Crippen LogP contribution is 2.58. The maximum absolute atomic E-state index is 2.75. The number of nitrogens with zero attached hydrogens (tertiary/aromatic N) is 4. The highest BCUT2D eigenvalue weighted by Gasteiger charge is 2.47. The fourth-order valence-corrected chi connectivity index (χ4v) is 22.3. The zero-order chi connectivity index (χ0) is 85.2. The van der Waals surface area contributed by atoms with Gasteiger partial charge in [-0.05, 0) is 185 Å². The number of anilines is 6. The van der Waals surface area contributed by atoms with Crippen LogP contribution in [0.2, 0.25) is 0 Å². The van der Waals surface area contributed by atoms with Gasteiger partial charge in [-0.2, -0.15) is 0 Å². The number of hydrogen-bond donors (Lipinski definition) is 0. The van der Waals surface area contributed by atoms with E-state index in [2.05, 4.69) is 469 Å². The van der Waals surface area contributed by atoms with Crippen LogP contribution in [0.25, 0.3) is 186 Å². The summed E-state index contributed by atoms with van der Waals surface area (Å²) in [5, 5.41) is 24.8. The fourth-order valence-electron chi connectivity index (χ4n) is 22.3. The van der Waals surface area contributed by atoms with E-state index in [9.17, 15) is 0 Å². The van der Waals surface area contributed by atoms with Crippen LogP contribution in [0.5, 0.6) is 0 Å². The summed E-state index contributed by atoms with van der Waals surface area (Å²) in [6.45, 7) is 21.0. The Morgan fingerprint density at radius 3 is 0.756 bits per heavy atom. The van der Waals surface area contributed by atoms with Crippen LogP contribution < -0.4 is 26.2 Å². The van der Waals surface area contributed by atoms with Gasteiger partial charge in [-0.1, -0.05) is 402 Å². The number of benzene rings is 21. The number of aromatic nitrogens is 2. The SMILES string of the molecule is CC(C)(C)c1cc2c3c(c1)N(c1c(-c4ccccc4)cccc1-c1ccccc1)c1cc(-n4c5c6ccccc6c6ccccc6c5c5c6ccc(C(C)(C)C)cc6c6ccccc6c54)ccc1B3c1ccc(-n3c4c5ccccc5c5ccccc5c4c4c5ccc(C(C)(C)C)cc5c5ccccc5c43)cc1N2c1c(-c2ccccc2)cccc1-c1ccccc1. The lowest BCUT2D eigenvalue weighted by Gasteiger charge is -2.46. The first-order chi connectivity index (χ1) is 62.0. The first kappa shape index (κ1) is 74.6. The number of rotatable bonds is 8. The van der Waals surface area contributed by atoms with Crippen molar-refractivity contribution < 1.29 is 0 Å². The normalized spacial score (nSPS) is 13.0. The van der Waals surface area contributed by atoms with E-state index in [0.717, 1.165) is 90.0 Å². The monoisotopic (exact) mass is 1620 g/mol. The molecule has 0 N–H and O–H groups in total. The Bertz CT molecular complexity index is 8020. The van der Waals surface area contributed by atoms with Gasteiger partial charge in [-0.25, -0.2) is 0 Å². The van der Waals surface area contributed by atoms with Gasteiger partial charge in [-0.15, -0.1) is 0 Å². The van der Waals surface area contributed by atoms with E-state index in [1.54, 1.807) is 0 Å². The summed E-state index contributed by atoms with van der Waals surface area (Å²) in [7, 11) is 0.